The number of hydrogen-bond acceptors (Lipinski definition) is 2. The molecule has 1 aromatic carbocycles. The number of hydrogen-bond donors (Lipinski definition) is 4. The third kappa shape index (κ3) is 2.85. The van der Waals surface area contributed by atoms with Crippen molar-refractivity contribution >= 4 is 17.6 Å². The summed E-state index contributed by atoms with van der Waals surface area (Å²) in [5.41, 5.74) is 18.5. The molecule has 0 saturated heterocycles. The highest BCUT2D eigenvalue weighted by Crippen LogP contribution is 2.22. The van der Waals surface area contributed by atoms with Crippen LogP contribution in [-0.4, -0.2) is 22.1 Å². The molecule has 7 N–H and O–H groups in total. The lowest BCUT2D eigenvalue weighted by molar-refractivity contribution is 1.10. The van der Waals surface area contributed by atoms with Gasteiger partial charge in [-0.15, -0.1) is 0 Å². The molecule has 0 bridgehead atoms. The van der Waals surface area contributed by atoms with Gasteiger partial charge in [-0.3, -0.25) is 5.10 Å². The second kappa shape index (κ2) is 5.00. The van der Waals surface area contributed by atoms with Crippen molar-refractivity contribution in [2.24, 2.45) is 27.2 Å². The van der Waals surface area contributed by atoms with E-state index < -0.39 is 0 Å². The Morgan fingerprint density at radius 2 is 2.00 bits per heavy atom. The van der Waals surface area contributed by atoms with Gasteiger partial charge in [-0.25, -0.2) is 4.99 Å². The van der Waals surface area contributed by atoms with Gasteiger partial charge >= 0.3 is 0 Å². The first-order valence-corrected chi connectivity index (χ1v) is 5.19. The van der Waals surface area contributed by atoms with Gasteiger partial charge in [-0.2, -0.15) is 10.1 Å². The van der Waals surface area contributed by atoms with Gasteiger partial charge < -0.3 is 17.2 Å². The number of aliphatic imine (C=N–C) groups is 2. The minimum Gasteiger partial charge on any atom is -0.370 e. The van der Waals surface area contributed by atoms with Gasteiger partial charge in [0.15, 0.2) is 5.96 Å². The Hall–Kier alpha value is -2.83. The van der Waals surface area contributed by atoms with E-state index in [0.29, 0.717) is 5.69 Å². The molecule has 18 heavy (non-hydrogen) atoms. The molecule has 0 spiro atoms. The summed E-state index contributed by atoms with van der Waals surface area (Å²) >= 11 is 0. The van der Waals surface area contributed by atoms with Gasteiger partial charge in [0.2, 0.25) is 5.96 Å². The zero-order valence-corrected chi connectivity index (χ0v) is 9.54. The summed E-state index contributed by atoms with van der Waals surface area (Å²) in [6, 6.07) is 9.31. The van der Waals surface area contributed by atoms with Crippen LogP contribution in [0.4, 0.5) is 5.69 Å². The molecule has 7 nitrogen and oxygen atoms in total. The number of nitrogens with one attached hydrogen (secondary N) is 1. The van der Waals surface area contributed by atoms with Crippen LogP contribution in [0.1, 0.15) is 0 Å². The highest BCUT2D eigenvalue weighted by molar-refractivity contribution is 5.93. The van der Waals surface area contributed by atoms with Gasteiger partial charge in [0.05, 0.1) is 11.4 Å². The van der Waals surface area contributed by atoms with E-state index in [4.69, 9.17) is 17.2 Å². The third-order valence-electron chi connectivity index (χ3n) is 2.15. The van der Waals surface area contributed by atoms with E-state index in [1.54, 1.807) is 12.3 Å². The average Bonchev–Trinajstić information content (AvgIpc) is 2.81. The van der Waals surface area contributed by atoms with Crippen molar-refractivity contribution in [3.63, 3.8) is 0 Å². The van der Waals surface area contributed by atoms with E-state index in [0.717, 1.165) is 11.3 Å². The van der Waals surface area contributed by atoms with Crippen LogP contribution in [0.25, 0.3) is 11.3 Å². The fourth-order valence-electron chi connectivity index (χ4n) is 1.45. The molecule has 1 heterocycles. The third-order valence-corrected chi connectivity index (χ3v) is 2.15. The Kier molecular flexibility index (Phi) is 3.24. The second-order valence-corrected chi connectivity index (χ2v) is 3.53. The predicted molar refractivity (Wildman–Crippen MR) is 71.1 cm³/mol. The number of guanidine groups is 2. The number of nitrogens with two attached hydrogens (primary N) is 3. The number of H-pyrrole nitrogens is 1. The summed E-state index contributed by atoms with van der Waals surface area (Å²) < 4.78 is 0. The number of aromatic amines is 1. The van der Waals surface area contributed by atoms with E-state index in [1.165, 1.54) is 0 Å². The number of rotatable bonds is 2. The normalized spacial score (nSPS) is 11.2. The van der Waals surface area contributed by atoms with Crippen LogP contribution in [0.2, 0.25) is 0 Å². The molecule has 0 unspecified atom stereocenters. The highest BCUT2D eigenvalue weighted by atomic mass is 15.1. The standard InChI is InChI=1S/C11H13N7/c12-10(13)17-11(14)16-8-3-1-2-7(6-8)9-4-5-15-18-9/h1-6H,(H,15,18)(H6,12,13,14,16,17). The van der Waals surface area contributed by atoms with Crippen molar-refractivity contribution in [3.05, 3.63) is 36.5 Å². The van der Waals surface area contributed by atoms with Crippen molar-refractivity contribution in [3.8, 4) is 11.3 Å². The van der Waals surface area contributed by atoms with Gasteiger partial charge in [-0.05, 0) is 18.2 Å². The number of nitrogens with zero attached hydrogens (tertiary/aromatic N) is 3. The van der Waals surface area contributed by atoms with Crippen LogP contribution >= 0.6 is 0 Å². The molecular formula is C11H13N7. The van der Waals surface area contributed by atoms with Crippen LogP contribution in [-0.2, 0) is 0 Å². The van der Waals surface area contributed by atoms with Crippen molar-refractivity contribution in [1.29, 1.82) is 0 Å². The van der Waals surface area contributed by atoms with Crippen LogP contribution < -0.4 is 17.2 Å². The Morgan fingerprint density at radius 3 is 2.67 bits per heavy atom. The first-order valence-electron chi connectivity index (χ1n) is 5.19. The van der Waals surface area contributed by atoms with Crippen molar-refractivity contribution < 1.29 is 0 Å². The van der Waals surface area contributed by atoms with Crippen molar-refractivity contribution in [2.45, 2.75) is 0 Å². The van der Waals surface area contributed by atoms with Crippen LogP contribution in [0.3, 0.4) is 0 Å². The Morgan fingerprint density at radius 1 is 1.17 bits per heavy atom. The molecule has 7 heteroatoms. The molecule has 0 aliphatic carbocycles. The lowest BCUT2D eigenvalue weighted by Crippen LogP contribution is -2.26. The maximum absolute atomic E-state index is 5.56. The summed E-state index contributed by atoms with van der Waals surface area (Å²) in [4.78, 5) is 7.73. The molecule has 0 radical (unpaired) electrons. The summed E-state index contributed by atoms with van der Waals surface area (Å²) in [6.07, 6.45) is 1.68. The molecule has 1 aromatic heterocycles. The summed E-state index contributed by atoms with van der Waals surface area (Å²) in [6.45, 7) is 0. The molecule has 0 fully saturated rings. The minimum atomic E-state index is -0.124. The van der Waals surface area contributed by atoms with Crippen LogP contribution in [0, 0.1) is 0 Å². The number of benzene rings is 1. The molecule has 0 saturated carbocycles. The van der Waals surface area contributed by atoms with Gasteiger partial charge in [0.25, 0.3) is 0 Å². The van der Waals surface area contributed by atoms with Gasteiger partial charge in [-0.1, -0.05) is 12.1 Å². The van der Waals surface area contributed by atoms with E-state index in [2.05, 4.69) is 20.2 Å². The molecule has 0 aliphatic rings. The van der Waals surface area contributed by atoms with Crippen molar-refractivity contribution in [1.82, 2.24) is 10.2 Å². The lowest BCUT2D eigenvalue weighted by Gasteiger charge is -2.00. The molecule has 0 aliphatic heterocycles. The molecule has 0 amide bonds. The monoisotopic (exact) mass is 243 g/mol. The predicted octanol–water partition coefficient (Wildman–Crippen LogP) is 0.296. The van der Waals surface area contributed by atoms with E-state index in [1.807, 2.05) is 24.3 Å². The topological polar surface area (TPSA) is 131 Å². The maximum Gasteiger partial charge on any atom is 0.223 e. The van der Waals surface area contributed by atoms with Gasteiger partial charge in [0.1, 0.15) is 0 Å². The van der Waals surface area contributed by atoms with Crippen LogP contribution in [0.5, 0.6) is 0 Å². The molecule has 0 atom stereocenters. The maximum atomic E-state index is 5.56. The van der Waals surface area contributed by atoms with Gasteiger partial charge in [0, 0.05) is 11.8 Å². The van der Waals surface area contributed by atoms with Crippen LogP contribution in [0.15, 0.2) is 46.5 Å². The van der Waals surface area contributed by atoms with E-state index in [-0.39, 0.29) is 11.9 Å². The highest BCUT2D eigenvalue weighted by Gasteiger charge is 2.00. The minimum absolute atomic E-state index is 0.0109. The smallest absolute Gasteiger partial charge is 0.223 e. The zero-order chi connectivity index (χ0) is 13.0. The largest absolute Gasteiger partial charge is 0.370 e. The summed E-state index contributed by atoms with van der Waals surface area (Å²) in [5, 5.41) is 6.76. The first kappa shape index (κ1) is 11.6. The Labute approximate surface area is 103 Å². The summed E-state index contributed by atoms with van der Waals surface area (Å²) in [5.74, 6) is -0.113. The van der Waals surface area contributed by atoms with E-state index >= 15 is 0 Å². The summed E-state index contributed by atoms with van der Waals surface area (Å²) in [7, 11) is 0. The lowest BCUT2D eigenvalue weighted by atomic mass is 10.1. The number of aromatic nitrogens is 2. The van der Waals surface area contributed by atoms with E-state index in [9.17, 15) is 0 Å². The Balaban J connectivity index is 2.31. The first-order chi connectivity index (χ1) is 8.65. The molecular weight excluding hydrogens is 230 g/mol. The Bertz CT molecular complexity index is 579. The molecule has 92 valence electrons. The quantitative estimate of drug-likeness (QED) is 0.446. The molecule has 2 aromatic rings. The average molecular weight is 243 g/mol. The van der Waals surface area contributed by atoms with Crippen molar-refractivity contribution in [2.75, 3.05) is 0 Å². The fourth-order valence-corrected chi connectivity index (χ4v) is 1.45. The molecule has 2 rings (SSSR count). The zero-order valence-electron chi connectivity index (χ0n) is 9.54. The SMILES string of the molecule is NC(N)=NC(N)=Nc1cccc(-c2ccn[nH]2)c1. The second-order valence-electron chi connectivity index (χ2n) is 3.53. The fraction of sp³-hybridized carbons (Fsp3) is 0.